The third-order valence-corrected chi connectivity index (χ3v) is 16.8. The third-order valence-electron chi connectivity index (χ3n) is 15.1. The highest BCUT2D eigenvalue weighted by molar-refractivity contribution is 8.00. The van der Waals surface area contributed by atoms with E-state index in [1.54, 1.807) is 39.1 Å². The highest BCUT2D eigenvalue weighted by atomic mass is 35.5. The van der Waals surface area contributed by atoms with Gasteiger partial charge in [0.05, 0.1) is 82.9 Å². The molecule has 3 N–H and O–H groups in total. The summed E-state index contributed by atoms with van der Waals surface area (Å²) >= 11 is 8.14. The van der Waals surface area contributed by atoms with Crippen molar-refractivity contribution in [2.45, 2.75) is 139 Å². The van der Waals surface area contributed by atoms with Crippen molar-refractivity contribution in [1.29, 1.82) is 0 Å². The first-order valence-corrected chi connectivity index (χ1v) is 29.6. The number of carbonyl (C=O) groups excluding carboxylic acids is 9. The number of likely N-dealkylation sites (tertiary alicyclic amines) is 1. The molecule has 4 fully saturated rings. The zero-order chi connectivity index (χ0) is 61.2. The molecule has 6 bridgehead atoms. The van der Waals surface area contributed by atoms with Gasteiger partial charge in [0.2, 0.25) is 23.6 Å². The first-order chi connectivity index (χ1) is 40.0. The maximum atomic E-state index is 14.4. The molecule has 6 aliphatic heterocycles. The Kier molecular flexibility index (Phi) is 25.5. The fourth-order valence-corrected chi connectivity index (χ4v) is 11.9. The molecule has 4 saturated heterocycles. The summed E-state index contributed by atoms with van der Waals surface area (Å²) < 4.78 is 51.4. The molecule has 25 nitrogen and oxygen atoms in total. The molecule has 1 aromatic carbocycles. The number of ketones is 1. The molecule has 8 atom stereocenters. The number of hydroxylamine groups is 2. The molecule has 6 heterocycles. The molecular weight excluding hydrogens is 1140 g/mol. The maximum absolute atomic E-state index is 14.4. The molecule has 0 radical (unpaired) electrons. The molecule has 1 aromatic rings. The number of allylic oxidation sites excluding steroid dienone is 3. The number of thioether (sulfide) groups is 1. The van der Waals surface area contributed by atoms with Crippen LogP contribution >= 0.6 is 23.4 Å². The minimum atomic E-state index is -1.87. The monoisotopic (exact) mass is 1220 g/mol. The summed E-state index contributed by atoms with van der Waals surface area (Å²) in [5.74, 6) is -3.44. The topological polar surface area (TPSA) is 300 Å². The van der Waals surface area contributed by atoms with Crippen molar-refractivity contribution < 1.29 is 95.7 Å². The highest BCUT2D eigenvalue weighted by Gasteiger charge is 2.62. The van der Waals surface area contributed by atoms with Crippen LogP contribution in [0.4, 0.5) is 10.5 Å². The van der Waals surface area contributed by atoms with Gasteiger partial charge in [-0.3, -0.25) is 43.8 Å². The van der Waals surface area contributed by atoms with Gasteiger partial charge in [0.25, 0.3) is 11.8 Å². The molecule has 0 aromatic heterocycles. The number of Topliss-reactive ketones (excluding diaryl/α,β-unsaturated/α-hetero) is 1. The molecule has 7 amide bonds. The molecular formula is C57H80ClN5O20S. The Bertz CT molecular complexity index is 2580. The highest BCUT2D eigenvalue weighted by Crippen LogP contribution is 2.52. The second kappa shape index (κ2) is 31.7. The fraction of sp³-hybridized carbons (Fsp3) is 0.667. The Morgan fingerprint density at radius 1 is 0.881 bits per heavy atom. The van der Waals surface area contributed by atoms with Crippen molar-refractivity contribution in [2.75, 3.05) is 104 Å². The van der Waals surface area contributed by atoms with E-state index >= 15 is 0 Å². The minimum Gasteiger partial charge on any atom is -0.495 e. The summed E-state index contributed by atoms with van der Waals surface area (Å²) in [5.41, 5.74) is -1.94. The lowest BCUT2D eigenvalue weighted by atomic mass is 9.67. The number of anilines is 1. The Morgan fingerprint density at radius 3 is 2.19 bits per heavy atom. The Hall–Kier alpha value is -5.55. The van der Waals surface area contributed by atoms with Gasteiger partial charge in [-0.2, -0.15) is 0 Å². The van der Waals surface area contributed by atoms with Crippen LogP contribution in [0.3, 0.4) is 0 Å². The lowest BCUT2D eigenvalue weighted by molar-refractivity contribution is -0.319. The number of imide groups is 2. The molecule has 6 aliphatic rings. The Balaban J connectivity index is 0.885. The molecule has 0 spiro atoms. The van der Waals surface area contributed by atoms with Crippen molar-refractivity contribution in [3.63, 3.8) is 0 Å². The van der Waals surface area contributed by atoms with Gasteiger partial charge in [-0.05, 0) is 64.0 Å². The molecule has 27 heteroatoms. The van der Waals surface area contributed by atoms with Crippen LogP contribution in [0.5, 0.6) is 5.75 Å². The van der Waals surface area contributed by atoms with Crippen molar-refractivity contribution in [2.24, 2.45) is 5.92 Å². The molecule has 0 aliphatic carbocycles. The quantitative estimate of drug-likeness (QED) is 0.0731. The van der Waals surface area contributed by atoms with E-state index in [9.17, 15) is 48.3 Å². The van der Waals surface area contributed by atoms with Crippen LogP contribution in [0.1, 0.15) is 97.5 Å². The molecule has 0 saturated carbocycles. The number of nitrogens with zero attached hydrogens (tertiary/aromatic N) is 3. The zero-order valence-electron chi connectivity index (χ0n) is 48.9. The number of aliphatic hydroxyl groups is 1. The van der Waals surface area contributed by atoms with Gasteiger partial charge in [0.1, 0.15) is 34.7 Å². The first kappa shape index (κ1) is 67.6. The number of alkyl carbamates (subject to hydrolysis) is 1. The number of nitrogens with one attached hydrogen (secondary N) is 2. The van der Waals surface area contributed by atoms with Crippen LogP contribution in [0.2, 0.25) is 5.02 Å². The van der Waals surface area contributed by atoms with Gasteiger partial charge in [-0.15, -0.1) is 16.8 Å². The summed E-state index contributed by atoms with van der Waals surface area (Å²) in [6.07, 6.45) is 2.22. The van der Waals surface area contributed by atoms with Crippen molar-refractivity contribution >= 4 is 82.3 Å². The van der Waals surface area contributed by atoms with Gasteiger partial charge in [0, 0.05) is 91.1 Å². The lowest BCUT2D eigenvalue weighted by Gasteiger charge is -2.60. The minimum absolute atomic E-state index is 0.00377. The second-order valence-corrected chi connectivity index (χ2v) is 23.3. The van der Waals surface area contributed by atoms with Crippen LogP contribution in [-0.4, -0.2) is 208 Å². The van der Waals surface area contributed by atoms with E-state index in [0.717, 1.165) is 16.0 Å². The Labute approximate surface area is 498 Å². The average molecular weight is 1220 g/mol. The number of ether oxygens (including phenoxy) is 9. The summed E-state index contributed by atoms with van der Waals surface area (Å²) in [6, 6.07) is 3.61. The smallest absolute Gasteiger partial charge is 0.409 e. The molecule has 84 heavy (non-hydrogen) atoms. The van der Waals surface area contributed by atoms with Crippen molar-refractivity contribution in [3.05, 3.63) is 46.5 Å². The summed E-state index contributed by atoms with van der Waals surface area (Å²) in [6.45, 7) is 9.31. The predicted molar refractivity (Wildman–Crippen MR) is 302 cm³/mol. The lowest BCUT2D eigenvalue weighted by Crippen LogP contribution is -2.71. The number of rotatable bonds is 30. The van der Waals surface area contributed by atoms with Gasteiger partial charge in [-0.1, -0.05) is 35.4 Å². The SMILES string of the molecule is COc1cc2cc(c1Cl)N(C)C(=O)C[C@H](CC(=O)[C@H](C)OCCCSC1CC(=O)N(CCC(=O)NCCOCCOCCOCCOCCC(=O)ON3C(=O)CCC3=O)C1=O)[C@@]1(C)CC(C)(O1)C1C[C@@](O)(NC(=O)O1)[C@H](OC)/C=C/C=C(\C)C2. The average Bonchev–Trinajstić information content (AvgIpc) is 2.22. The van der Waals surface area contributed by atoms with E-state index in [-0.39, 0.29) is 152 Å². The molecule has 3 unspecified atom stereocenters. The standard InChI is InChI=1S/C57H80ClN5O20S/c1-36-10-8-11-44(75-7)57(73)34-45(81-54(72)60-57)56(4)35-55(3,83-56)39(32-49(68)61(5)40-29-38(28-36)30-42(74-6)52(40)58)31-41(64)37(2)80-18-9-27-84-43-33-50(69)62(53(43)71)17-14-46(65)59-16-20-77-22-24-79-26-25-78-23-21-76-19-15-51(70)82-63-47(66)12-13-48(63)67/h8,10-11,29-30,37,39,43-45,73H,9,12-28,31-35H2,1-7H3,(H,59,65)(H,60,72)/b11-8+,36-10+/t37-,39-,43?,44+,45?,55+,56?,57-/m0/s1. The number of hydrogen-bond acceptors (Lipinski definition) is 21. The van der Waals surface area contributed by atoms with Crippen molar-refractivity contribution in [3.8, 4) is 5.75 Å². The Morgan fingerprint density at radius 2 is 1.54 bits per heavy atom. The summed E-state index contributed by atoms with van der Waals surface area (Å²) in [7, 11) is 4.52. The maximum Gasteiger partial charge on any atom is 0.409 e. The largest absolute Gasteiger partial charge is 0.495 e. The van der Waals surface area contributed by atoms with E-state index < -0.39 is 70.3 Å². The van der Waals surface area contributed by atoms with E-state index in [1.807, 2.05) is 26.0 Å². The van der Waals surface area contributed by atoms with Crippen LogP contribution in [-0.2, 0) is 87.5 Å². The van der Waals surface area contributed by atoms with Crippen LogP contribution in [0, 0.1) is 5.92 Å². The van der Waals surface area contributed by atoms with Gasteiger partial charge in [-0.25, -0.2) is 9.59 Å². The van der Waals surface area contributed by atoms with Gasteiger partial charge in [0.15, 0.2) is 11.5 Å². The first-order valence-electron chi connectivity index (χ1n) is 28.1. The normalized spacial score (nSPS) is 27.0. The van der Waals surface area contributed by atoms with E-state index in [4.69, 9.17) is 59.1 Å². The van der Waals surface area contributed by atoms with E-state index in [0.29, 0.717) is 48.3 Å². The number of hydrogen-bond donors (Lipinski definition) is 3. The summed E-state index contributed by atoms with van der Waals surface area (Å²) in [4.78, 5) is 122. The zero-order valence-corrected chi connectivity index (χ0v) is 50.4. The summed E-state index contributed by atoms with van der Waals surface area (Å²) in [5, 5.41) is 17.2. The number of carbonyl (C=O) groups is 9. The third kappa shape index (κ3) is 18.7. The number of fused-ring (bicyclic) bond motifs is 6. The van der Waals surface area contributed by atoms with Crippen molar-refractivity contribution in [1.82, 2.24) is 20.6 Å². The number of halogens is 1. The van der Waals surface area contributed by atoms with Crippen LogP contribution in [0.25, 0.3) is 0 Å². The number of benzene rings is 1. The molecule has 466 valence electrons. The number of methoxy groups -OCH3 is 2. The fourth-order valence-electron chi connectivity index (χ4n) is 10.5. The van der Waals surface area contributed by atoms with Gasteiger partial charge >= 0.3 is 12.1 Å². The van der Waals surface area contributed by atoms with E-state index in [2.05, 4.69) is 10.6 Å². The van der Waals surface area contributed by atoms with Crippen LogP contribution < -0.4 is 20.3 Å². The molecule has 7 rings (SSSR count). The van der Waals surface area contributed by atoms with Crippen LogP contribution in [0.15, 0.2) is 35.9 Å². The predicted octanol–water partition coefficient (Wildman–Crippen LogP) is 3.70. The number of amides is 7. The second-order valence-electron chi connectivity index (χ2n) is 21.6. The van der Waals surface area contributed by atoms with Gasteiger partial charge < -0.3 is 62.8 Å². The van der Waals surface area contributed by atoms with E-state index in [1.165, 1.54) is 30.9 Å².